The molecule has 0 saturated carbocycles. The van der Waals surface area contributed by atoms with Crippen molar-refractivity contribution < 1.29 is 19.0 Å². The van der Waals surface area contributed by atoms with Crippen LogP contribution in [0.15, 0.2) is 24.3 Å². The van der Waals surface area contributed by atoms with E-state index >= 15 is 0 Å². The molecular weight excluding hydrogens is 278 g/mol. The highest BCUT2D eigenvalue weighted by atomic mass is 32.1. The van der Waals surface area contributed by atoms with Gasteiger partial charge in [0.05, 0.1) is 27.0 Å². The van der Waals surface area contributed by atoms with E-state index < -0.39 is 5.97 Å². The highest BCUT2D eigenvalue weighted by molar-refractivity contribution is 7.18. The van der Waals surface area contributed by atoms with Crippen molar-refractivity contribution >= 4 is 23.0 Å². The zero-order valence-corrected chi connectivity index (χ0v) is 12.2. The normalized spacial score (nSPS) is 10.2. The molecule has 6 heteroatoms. The number of hydrogen-bond acceptors (Lipinski definition) is 6. The summed E-state index contributed by atoms with van der Waals surface area (Å²) in [6.45, 7) is 0. The van der Waals surface area contributed by atoms with Gasteiger partial charge in [-0.3, -0.25) is 0 Å². The molecule has 0 amide bonds. The van der Waals surface area contributed by atoms with Crippen LogP contribution in [0.1, 0.15) is 9.67 Å². The summed E-state index contributed by atoms with van der Waals surface area (Å²) in [7, 11) is 4.47. The minimum Gasteiger partial charge on any atom is -0.493 e. The van der Waals surface area contributed by atoms with E-state index in [2.05, 4.69) is 0 Å². The topological polar surface area (TPSA) is 70.8 Å². The summed E-state index contributed by atoms with van der Waals surface area (Å²) in [4.78, 5) is 12.8. The van der Waals surface area contributed by atoms with Gasteiger partial charge in [0.2, 0.25) is 0 Å². The molecule has 0 radical (unpaired) electrons. The summed E-state index contributed by atoms with van der Waals surface area (Å²) in [6.07, 6.45) is 0. The van der Waals surface area contributed by atoms with E-state index in [-0.39, 0.29) is 0 Å². The van der Waals surface area contributed by atoms with Gasteiger partial charge in [0.1, 0.15) is 4.88 Å². The van der Waals surface area contributed by atoms with Crippen LogP contribution >= 0.6 is 11.3 Å². The standard InChI is InChI=1S/C14H15NO4S/c1-17-10-6-4-5-8(12(10)18-2)11-7-9(15)13(20-11)14(16)19-3/h4-7H,15H2,1-3H3. The predicted octanol–water partition coefficient (Wildman–Crippen LogP) is 2.80. The van der Waals surface area contributed by atoms with Crippen molar-refractivity contribution in [1.82, 2.24) is 0 Å². The van der Waals surface area contributed by atoms with E-state index in [0.717, 1.165) is 10.4 Å². The third-order valence-corrected chi connectivity index (χ3v) is 3.96. The second kappa shape index (κ2) is 5.83. The van der Waals surface area contributed by atoms with Gasteiger partial charge in [-0.05, 0) is 18.2 Å². The Labute approximate surface area is 120 Å². The number of nitrogen functional groups attached to an aromatic ring is 1. The van der Waals surface area contributed by atoms with Gasteiger partial charge in [-0.15, -0.1) is 11.3 Å². The van der Waals surface area contributed by atoms with Gasteiger partial charge in [-0.1, -0.05) is 6.07 Å². The first-order chi connectivity index (χ1) is 9.62. The number of methoxy groups -OCH3 is 3. The molecule has 2 rings (SSSR count). The first-order valence-corrected chi connectivity index (χ1v) is 6.63. The fourth-order valence-electron chi connectivity index (χ4n) is 1.87. The summed E-state index contributed by atoms with van der Waals surface area (Å²) in [5.41, 5.74) is 7.06. The Hall–Kier alpha value is -2.21. The lowest BCUT2D eigenvalue weighted by atomic mass is 10.1. The molecule has 0 aliphatic heterocycles. The lowest BCUT2D eigenvalue weighted by molar-refractivity contribution is 0.0607. The molecule has 1 aromatic heterocycles. The maximum absolute atomic E-state index is 11.6. The molecule has 0 aliphatic carbocycles. The number of para-hydroxylation sites is 1. The van der Waals surface area contributed by atoms with Crippen molar-refractivity contribution in [3.8, 4) is 21.9 Å². The van der Waals surface area contributed by atoms with Crippen LogP contribution in [0.3, 0.4) is 0 Å². The number of carbonyl (C=O) groups is 1. The number of ether oxygens (including phenoxy) is 3. The maximum atomic E-state index is 11.6. The first-order valence-electron chi connectivity index (χ1n) is 5.81. The molecule has 20 heavy (non-hydrogen) atoms. The van der Waals surface area contributed by atoms with E-state index in [9.17, 15) is 4.79 Å². The fraction of sp³-hybridized carbons (Fsp3) is 0.214. The van der Waals surface area contributed by atoms with Gasteiger partial charge < -0.3 is 19.9 Å². The number of anilines is 1. The Morgan fingerprint density at radius 3 is 2.55 bits per heavy atom. The maximum Gasteiger partial charge on any atom is 0.350 e. The van der Waals surface area contributed by atoms with Gasteiger partial charge in [0, 0.05) is 10.4 Å². The summed E-state index contributed by atoms with van der Waals surface area (Å²) >= 11 is 1.26. The first kappa shape index (κ1) is 14.2. The van der Waals surface area contributed by atoms with E-state index in [1.807, 2.05) is 12.1 Å². The Morgan fingerprint density at radius 1 is 1.20 bits per heavy atom. The van der Waals surface area contributed by atoms with Crippen LogP contribution in [0.5, 0.6) is 11.5 Å². The van der Waals surface area contributed by atoms with Crippen LogP contribution in [0.25, 0.3) is 10.4 Å². The molecule has 2 aromatic rings. The van der Waals surface area contributed by atoms with Crippen molar-refractivity contribution in [3.63, 3.8) is 0 Å². The summed E-state index contributed by atoms with van der Waals surface area (Å²) in [5.74, 6) is 0.782. The molecular formula is C14H15NO4S. The molecule has 106 valence electrons. The SMILES string of the molecule is COC(=O)c1sc(-c2cccc(OC)c2OC)cc1N. The Kier molecular flexibility index (Phi) is 4.14. The van der Waals surface area contributed by atoms with Crippen LogP contribution < -0.4 is 15.2 Å². The zero-order chi connectivity index (χ0) is 14.7. The van der Waals surface area contributed by atoms with Crippen LogP contribution in [-0.2, 0) is 4.74 Å². The van der Waals surface area contributed by atoms with Crippen LogP contribution in [0, 0.1) is 0 Å². The van der Waals surface area contributed by atoms with Gasteiger partial charge in [-0.25, -0.2) is 4.79 Å². The van der Waals surface area contributed by atoms with Crippen molar-refractivity contribution in [2.75, 3.05) is 27.1 Å². The molecule has 0 saturated heterocycles. The second-order valence-corrected chi connectivity index (χ2v) is 4.98. The van der Waals surface area contributed by atoms with Crippen LogP contribution in [0.2, 0.25) is 0 Å². The van der Waals surface area contributed by atoms with Gasteiger partial charge >= 0.3 is 5.97 Å². The van der Waals surface area contributed by atoms with Crippen molar-refractivity contribution in [2.45, 2.75) is 0 Å². The van der Waals surface area contributed by atoms with E-state index in [0.29, 0.717) is 22.1 Å². The third-order valence-electron chi connectivity index (χ3n) is 2.80. The number of thiophene rings is 1. The molecule has 0 aliphatic rings. The van der Waals surface area contributed by atoms with Gasteiger partial charge in [-0.2, -0.15) is 0 Å². The highest BCUT2D eigenvalue weighted by Crippen LogP contribution is 2.42. The predicted molar refractivity (Wildman–Crippen MR) is 78.6 cm³/mol. The molecule has 0 fully saturated rings. The Morgan fingerprint density at radius 2 is 1.95 bits per heavy atom. The monoisotopic (exact) mass is 293 g/mol. The average molecular weight is 293 g/mol. The molecule has 0 spiro atoms. The Bertz CT molecular complexity index is 636. The molecule has 0 unspecified atom stereocenters. The minimum absolute atomic E-state index is 0.382. The lowest BCUT2D eigenvalue weighted by Crippen LogP contribution is -2.00. The molecule has 5 nitrogen and oxygen atoms in total. The number of esters is 1. The molecule has 0 bridgehead atoms. The molecule has 1 aromatic carbocycles. The van der Waals surface area contributed by atoms with Crippen molar-refractivity contribution in [2.24, 2.45) is 0 Å². The number of benzene rings is 1. The largest absolute Gasteiger partial charge is 0.493 e. The Balaban J connectivity index is 2.55. The molecule has 2 N–H and O–H groups in total. The number of carbonyl (C=O) groups excluding carboxylic acids is 1. The third kappa shape index (κ3) is 2.42. The summed E-state index contributed by atoms with van der Waals surface area (Å²) in [5, 5.41) is 0. The van der Waals surface area contributed by atoms with E-state index in [1.165, 1.54) is 18.4 Å². The smallest absolute Gasteiger partial charge is 0.350 e. The quantitative estimate of drug-likeness (QED) is 0.878. The zero-order valence-electron chi connectivity index (χ0n) is 11.4. The van der Waals surface area contributed by atoms with Crippen molar-refractivity contribution in [3.05, 3.63) is 29.1 Å². The number of nitrogens with two attached hydrogens (primary N) is 1. The van der Waals surface area contributed by atoms with Gasteiger partial charge in [0.25, 0.3) is 0 Å². The van der Waals surface area contributed by atoms with Crippen LogP contribution in [-0.4, -0.2) is 27.3 Å². The highest BCUT2D eigenvalue weighted by Gasteiger charge is 2.19. The van der Waals surface area contributed by atoms with Crippen molar-refractivity contribution in [1.29, 1.82) is 0 Å². The summed E-state index contributed by atoms with van der Waals surface area (Å²) in [6, 6.07) is 7.27. The average Bonchev–Trinajstić information content (AvgIpc) is 2.87. The fourth-order valence-corrected chi connectivity index (χ4v) is 2.89. The second-order valence-electron chi connectivity index (χ2n) is 3.93. The van der Waals surface area contributed by atoms with Gasteiger partial charge in [0.15, 0.2) is 11.5 Å². The van der Waals surface area contributed by atoms with Crippen LogP contribution in [0.4, 0.5) is 5.69 Å². The lowest BCUT2D eigenvalue weighted by Gasteiger charge is -2.11. The van der Waals surface area contributed by atoms with E-state index in [1.54, 1.807) is 26.4 Å². The molecule has 1 heterocycles. The summed E-state index contributed by atoms with van der Waals surface area (Å²) < 4.78 is 15.3. The number of rotatable bonds is 4. The van der Waals surface area contributed by atoms with E-state index in [4.69, 9.17) is 19.9 Å². The minimum atomic E-state index is -0.444. The number of hydrogen-bond donors (Lipinski definition) is 1. The molecule has 0 atom stereocenters.